The van der Waals surface area contributed by atoms with E-state index in [0.29, 0.717) is 6.54 Å². The Morgan fingerprint density at radius 3 is 2.41 bits per heavy atom. The van der Waals surface area contributed by atoms with Gasteiger partial charge >= 0.3 is 0 Å². The van der Waals surface area contributed by atoms with E-state index >= 15 is 0 Å². The molecule has 0 unspecified atom stereocenters. The molecule has 0 bridgehead atoms. The van der Waals surface area contributed by atoms with Gasteiger partial charge in [-0.15, -0.1) is 0 Å². The highest BCUT2D eigenvalue weighted by molar-refractivity contribution is 5.97. The SMILES string of the molecule is CCN(CC)Cc1ccccc1CNC(=O)c1cc2ccccc2[nH]c1=O. The van der Waals surface area contributed by atoms with Crippen LogP contribution in [0.4, 0.5) is 0 Å². The molecule has 0 aliphatic carbocycles. The van der Waals surface area contributed by atoms with Gasteiger partial charge in [-0.1, -0.05) is 56.3 Å². The van der Waals surface area contributed by atoms with Crippen molar-refractivity contribution in [2.24, 2.45) is 0 Å². The Hall–Kier alpha value is -2.92. The lowest BCUT2D eigenvalue weighted by atomic mass is 10.1. The lowest BCUT2D eigenvalue weighted by molar-refractivity contribution is 0.0949. The summed E-state index contributed by atoms with van der Waals surface area (Å²) in [6.07, 6.45) is 0. The molecule has 5 nitrogen and oxygen atoms in total. The van der Waals surface area contributed by atoms with Crippen LogP contribution in [-0.2, 0) is 13.1 Å². The van der Waals surface area contributed by atoms with Gasteiger partial charge in [0.15, 0.2) is 0 Å². The topological polar surface area (TPSA) is 65.2 Å². The summed E-state index contributed by atoms with van der Waals surface area (Å²) in [5, 5.41) is 3.73. The van der Waals surface area contributed by atoms with Crippen LogP contribution in [0.25, 0.3) is 10.9 Å². The van der Waals surface area contributed by atoms with Gasteiger partial charge in [0.1, 0.15) is 5.56 Å². The van der Waals surface area contributed by atoms with Crippen LogP contribution in [-0.4, -0.2) is 28.9 Å². The molecule has 0 fully saturated rings. The van der Waals surface area contributed by atoms with Crippen molar-refractivity contribution >= 4 is 16.8 Å². The first-order valence-electron chi connectivity index (χ1n) is 9.31. The van der Waals surface area contributed by atoms with Crippen LogP contribution in [0, 0.1) is 0 Å². The largest absolute Gasteiger partial charge is 0.348 e. The van der Waals surface area contributed by atoms with E-state index in [2.05, 4.69) is 35.1 Å². The quantitative estimate of drug-likeness (QED) is 0.677. The maximum Gasteiger partial charge on any atom is 0.261 e. The Morgan fingerprint density at radius 1 is 1.00 bits per heavy atom. The number of pyridine rings is 1. The van der Waals surface area contributed by atoms with E-state index in [0.717, 1.165) is 36.1 Å². The Kier molecular flexibility index (Phi) is 6.04. The van der Waals surface area contributed by atoms with Gasteiger partial charge in [-0.25, -0.2) is 0 Å². The molecule has 2 aromatic carbocycles. The lowest BCUT2D eigenvalue weighted by Crippen LogP contribution is -2.30. The van der Waals surface area contributed by atoms with E-state index in [4.69, 9.17) is 0 Å². The number of rotatable bonds is 7. The van der Waals surface area contributed by atoms with Gasteiger partial charge in [-0.2, -0.15) is 0 Å². The average Bonchev–Trinajstić information content (AvgIpc) is 2.70. The normalized spacial score (nSPS) is 11.1. The van der Waals surface area contributed by atoms with Crippen molar-refractivity contribution in [1.29, 1.82) is 0 Å². The van der Waals surface area contributed by atoms with Gasteiger partial charge in [0.25, 0.3) is 11.5 Å². The third-order valence-corrected chi connectivity index (χ3v) is 4.84. The summed E-state index contributed by atoms with van der Waals surface area (Å²) < 4.78 is 0. The van der Waals surface area contributed by atoms with Gasteiger partial charge in [0, 0.05) is 18.6 Å². The number of para-hydroxylation sites is 1. The third-order valence-electron chi connectivity index (χ3n) is 4.84. The number of H-pyrrole nitrogens is 1. The van der Waals surface area contributed by atoms with E-state index in [1.807, 2.05) is 42.5 Å². The number of aromatic amines is 1. The first-order chi connectivity index (χ1) is 13.1. The van der Waals surface area contributed by atoms with Crippen molar-refractivity contribution < 1.29 is 4.79 Å². The number of hydrogen-bond acceptors (Lipinski definition) is 3. The van der Waals surface area contributed by atoms with Crippen LogP contribution in [0.2, 0.25) is 0 Å². The van der Waals surface area contributed by atoms with Crippen molar-refractivity contribution in [2.45, 2.75) is 26.9 Å². The standard InChI is InChI=1S/C22H25N3O2/c1-3-25(4-2)15-18-11-6-5-10-17(18)14-23-21(26)19-13-16-9-7-8-12-20(16)24-22(19)27/h5-13H,3-4,14-15H2,1-2H3,(H,23,26)(H,24,27). The molecule has 3 aromatic rings. The number of benzene rings is 2. The number of nitrogens with zero attached hydrogens (tertiary/aromatic N) is 1. The molecule has 0 saturated carbocycles. The minimum Gasteiger partial charge on any atom is -0.348 e. The summed E-state index contributed by atoms with van der Waals surface area (Å²) in [7, 11) is 0. The van der Waals surface area contributed by atoms with Gasteiger partial charge in [0.05, 0.1) is 0 Å². The average molecular weight is 363 g/mol. The number of nitrogens with one attached hydrogen (secondary N) is 2. The molecule has 0 aliphatic rings. The highest BCUT2D eigenvalue weighted by Crippen LogP contribution is 2.13. The van der Waals surface area contributed by atoms with Crippen molar-refractivity contribution in [3.8, 4) is 0 Å². The summed E-state index contributed by atoms with van der Waals surface area (Å²) in [6.45, 7) is 7.46. The number of hydrogen-bond donors (Lipinski definition) is 2. The predicted molar refractivity (Wildman–Crippen MR) is 109 cm³/mol. The van der Waals surface area contributed by atoms with Crippen molar-refractivity contribution in [3.05, 3.63) is 81.6 Å². The Balaban J connectivity index is 1.77. The van der Waals surface area contributed by atoms with Gasteiger partial charge in [0.2, 0.25) is 0 Å². The second-order valence-electron chi connectivity index (χ2n) is 6.51. The monoisotopic (exact) mass is 363 g/mol. The van der Waals surface area contributed by atoms with Gasteiger partial charge in [-0.3, -0.25) is 14.5 Å². The molecule has 1 heterocycles. The van der Waals surface area contributed by atoms with E-state index in [1.165, 1.54) is 5.56 Å². The molecule has 0 atom stereocenters. The van der Waals surface area contributed by atoms with E-state index in [-0.39, 0.29) is 17.0 Å². The second kappa shape index (κ2) is 8.64. The van der Waals surface area contributed by atoms with Crippen molar-refractivity contribution in [1.82, 2.24) is 15.2 Å². The second-order valence-corrected chi connectivity index (χ2v) is 6.51. The Morgan fingerprint density at radius 2 is 1.67 bits per heavy atom. The van der Waals surface area contributed by atoms with Gasteiger partial charge in [-0.05, 0) is 41.7 Å². The fourth-order valence-electron chi connectivity index (χ4n) is 3.16. The molecular formula is C22H25N3O2. The zero-order valence-corrected chi connectivity index (χ0v) is 15.8. The summed E-state index contributed by atoms with van der Waals surface area (Å²) in [6, 6.07) is 17.2. The molecule has 5 heteroatoms. The molecular weight excluding hydrogens is 338 g/mol. The summed E-state index contributed by atoms with van der Waals surface area (Å²) in [5.74, 6) is -0.361. The highest BCUT2D eigenvalue weighted by atomic mass is 16.2. The summed E-state index contributed by atoms with van der Waals surface area (Å²) >= 11 is 0. The smallest absolute Gasteiger partial charge is 0.261 e. The van der Waals surface area contributed by atoms with Crippen molar-refractivity contribution in [3.63, 3.8) is 0 Å². The number of carbonyl (C=O) groups is 1. The molecule has 3 rings (SSSR count). The van der Waals surface area contributed by atoms with Crippen molar-refractivity contribution in [2.75, 3.05) is 13.1 Å². The lowest BCUT2D eigenvalue weighted by Gasteiger charge is -2.20. The molecule has 0 aliphatic heterocycles. The number of fused-ring (bicyclic) bond motifs is 1. The molecule has 0 spiro atoms. The summed E-state index contributed by atoms with van der Waals surface area (Å²) in [4.78, 5) is 29.9. The minimum atomic E-state index is -0.373. The molecule has 2 N–H and O–H groups in total. The van der Waals surface area contributed by atoms with Gasteiger partial charge < -0.3 is 10.3 Å². The molecule has 140 valence electrons. The zero-order valence-electron chi connectivity index (χ0n) is 15.8. The van der Waals surface area contributed by atoms with Crippen LogP contribution >= 0.6 is 0 Å². The number of aromatic nitrogens is 1. The Labute approximate surface area is 159 Å². The maximum atomic E-state index is 12.6. The molecule has 27 heavy (non-hydrogen) atoms. The van der Waals surface area contributed by atoms with Crippen LogP contribution in [0.1, 0.15) is 35.3 Å². The first kappa shape index (κ1) is 18.9. The highest BCUT2D eigenvalue weighted by Gasteiger charge is 2.13. The predicted octanol–water partition coefficient (Wildman–Crippen LogP) is 3.30. The fraction of sp³-hybridized carbons (Fsp3) is 0.273. The molecule has 0 radical (unpaired) electrons. The zero-order chi connectivity index (χ0) is 19.2. The van der Waals surface area contributed by atoms with Crippen LogP contribution < -0.4 is 10.9 Å². The van der Waals surface area contributed by atoms with Crippen LogP contribution in [0.3, 0.4) is 0 Å². The minimum absolute atomic E-state index is 0.134. The van der Waals surface area contributed by atoms with Crippen LogP contribution in [0.15, 0.2) is 59.4 Å². The fourth-order valence-corrected chi connectivity index (χ4v) is 3.16. The molecule has 1 aromatic heterocycles. The number of amides is 1. The van der Waals surface area contributed by atoms with E-state index in [9.17, 15) is 9.59 Å². The Bertz CT molecular complexity index is 990. The maximum absolute atomic E-state index is 12.6. The van der Waals surface area contributed by atoms with E-state index < -0.39 is 0 Å². The summed E-state index contributed by atoms with van der Waals surface area (Å²) in [5.41, 5.74) is 2.74. The first-order valence-corrected chi connectivity index (χ1v) is 9.31. The number of carbonyl (C=O) groups excluding carboxylic acids is 1. The van der Waals surface area contributed by atoms with Crippen LogP contribution in [0.5, 0.6) is 0 Å². The third kappa shape index (κ3) is 4.44. The molecule has 0 saturated heterocycles. The molecule has 1 amide bonds. The van der Waals surface area contributed by atoms with E-state index in [1.54, 1.807) is 6.07 Å².